The number of amides is 1. The van der Waals surface area contributed by atoms with Gasteiger partial charge in [-0.1, -0.05) is 52.5 Å². The number of anilines is 2. The third-order valence-electron chi connectivity index (χ3n) is 3.99. The zero-order chi connectivity index (χ0) is 21.9. The first kappa shape index (κ1) is 22.7. The molecule has 0 radical (unpaired) electrons. The molecule has 0 aliphatic carbocycles. The number of hydrogen-bond acceptors (Lipinski definition) is 3. The summed E-state index contributed by atoms with van der Waals surface area (Å²) in [7, 11) is -4.10. The van der Waals surface area contributed by atoms with Gasteiger partial charge in [-0.2, -0.15) is 0 Å². The SMILES string of the molecule is O=C(CN(c1cccc(Cl)c1)S(=O)(=O)c1ccc(Cl)cc1)Nc1cc(Cl)ccc1Cl. The van der Waals surface area contributed by atoms with E-state index in [0.29, 0.717) is 15.1 Å². The molecule has 0 fully saturated rings. The molecule has 3 aromatic carbocycles. The second-order valence-electron chi connectivity index (χ2n) is 6.12. The molecule has 0 aliphatic rings. The number of nitrogens with one attached hydrogen (secondary N) is 1. The molecule has 3 rings (SSSR count). The van der Waals surface area contributed by atoms with Crippen LogP contribution in [0.25, 0.3) is 0 Å². The molecule has 5 nitrogen and oxygen atoms in total. The molecule has 0 spiro atoms. The van der Waals surface area contributed by atoms with Gasteiger partial charge in [0.1, 0.15) is 6.54 Å². The Balaban J connectivity index is 1.96. The molecule has 1 amide bonds. The van der Waals surface area contributed by atoms with Crippen molar-refractivity contribution in [3.8, 4) is 0 Å². The molecule has 0 saturated carbocycles. The third-order valence-corrected chi connectivity index (χ3v) is 6.83. The van der Waals surface area contributed by atoms with Gasteiger partial charge in [-0.3, -0.25) is 9.10 Å². The molecule has 1 N–H and O–H groups in total. The molecular weight excluding hydrogens is 490 g/mol. The highest BCUT2D eigenvalue weighted by Gasteiger charge is 2.27. The summed E-state index contributed by atoms with van der Waals surface area (Å²) in [5, 5.41) is 3.93. The van der Waals surface area contributed by atoms with Crippen LogP contribution >= 0.6 is 46.4 Å². The number of hydrogen-bond donors (Lipinski definition) is 1. The fourth-order valence-electron chi connectivity index (χ4n) is 2.59. The van der Waals surface area contributed by atoms with Crippen LogP contribution in [-0.2, 0) is 14.8 Å². The summed E-state index contributed by atoms with van der Waals surface area (Å²) in [6.07, 6.45) is 0. The van der Waals surface area contributed by atoms with Gasteiger partial charge in [-0.15, -0.1) is 0 Å². The van der Waals surface area contributed by atoms with E-state index in [2.05, 4.69) is 5.32 Å². The summed E-state index contributed by atoms with van der Waals surface area (Å²) in [5.41, 5.74) is 0.494. The number of carbonyl (C=O) groups is 1. The Morgan fingerprint density at radius 1 is 0.833 bits per heavy atom. The lowest BCUT2D eigenvalue weighted by molar-refractivity contribution is -0.114. The molecular formula is C20H14Cl4N2O3S. The summed E-state index contributed by atoms with van der Waals surface area (Å²) in [4.78, 5) is 12.7. The van der Waals surface area contributed by atoms with Crippen molar-refractivity contribution in [2.24, 2.45) is 0 Å². The number of rotatable bonds is 6. The quantitative estimate of drug-likeness (QED) is 0.439. The minimum atomic E-state index is -4.10. The average Bonchev–Trinajstić information content (AvgIpc) is 2.69. The van der Waals surface area contributed by atoms with E-state index in [1.165, 1.54) is 42.5 Å². The smallest absolute Gasteiger partial charge is 0.264 e. The molecule has 0 aliphatic heterocycles. The van der Waals surface area contributed by atoms with Crippen LogP contribution in [0.4, 0.5) is 11.4 Å². The summed E-state index contributed by atoms with van der Waals surface area (Å²) in [6, 6.07) is 16.4. The van der Waals surface area contributed by atoms with Crippen molar-refractivity contribution in [1.82, 2.24) is 0 Å². The van der Waals surface area contributed by atoms with Crippen molar-refractivity contribution < 1.29 is 13.2 Å². The van der Waals surface area contributed by atoms with Crippen LogP contribution in [-0.4, -0.2) is 20.9 Å². The van der Waals surface area contributed by atoms with E-state index in [9.17, 15) is 13.2 Å². The van der Waals surface area contributed by atoms with Gasteiger partial charge in [-0.25, -0.2) is 8.42 Å². The Morgan fingerprint density at radius 3 is 2.13 bits per heavy atom. The molecule has 0 atom stereocenters. The number of carbonyl (C=O) groups excluding carboxylic acids is 1. The molecule has 30 heavy (non-hydrogen) atoms. The van der Waals surface area contributed by atoms with E-state index < -0.39 is 22.5 Å². The lowest BCUT2D eigenvalue weighted by Crippen LogP contribution is -2.38. The molecule has 10 heteroatoms. The van der Waals surface area contributed by atoms with E-state index in [1.54, 1.807) is 24.3 Å². The van der Waals surface area contributed by atoms with Crippen LogP contribution in [0.3, 0.4) is 0 Å². The first-order chi connectivity index (χ1) is 14.2. The van der Waals surface area contributed by atoms with Gasteiger partial charge in [-0.05, 0) is 60.7 Å². The number of sulfonamides is 1. The predicted molar refractivity (Wildman–Crippen MR) is 123 cm³/mol. The van der Waals surface area contributed by atoms with Crippen molar-refractivity contribution in [2.45, 2.75) is 4.90 Å². The second kappa shape index (κ2) is 9.45. The molecule has 3 aromatic rings. The van der Waals surface area contributed by atoms with E-state index in [-0.39, 0.29) is 21.3 Å². The zero-order valence-electron chi connectivity index (χ0n) is 15.2. The monoisotopic (exact) mass is 502 g/mol. The fraction of sp³-hybridized carbons (Fsp3) is 0.0500. The van der Waals surface area contributed by atoms with Gasteiger partial charge >= 0.3 is 0 Å². The van der Waals surface area contributed by atoms with Gasteiger partial charge < -0.3 is 5.32 Å². The summed E-state index contributed by atoms with van der Waals surface area (Å²) < 4.78 is 27.5. The molecule has 0 aromatic heterocycles. The predicted octanol–water partition coefficient (Wildman–Crippen LogP) is 6.13. The van der Waals surface area contributed by atoms with Crippen LogP contribution in [0.5, 0.6) is 0 Å². The molecule has 0 unspecified atom stereocenters. The van der Waals surface area contributed by atoms with E-state index in [0.717, 1.165) is 4.31 Å². The molecule has 156 valence electrons. The topological polar surface area (TPSA) is 66.5 Å². The normalized spacial score (nSPS) is 11.2. The number of benzene rings is 3. The maximum atomic E-state index is 13.3. The maximum absolute atomic E-state index is 13.3. The number of halogens is 4. The van der Waals surface area contributed by atoms with Crippen molar-refractivity contribution in [3.05, 3.63) is 86.8 Å². The van der Waals surface area contributed by atoms with E-state index in [4.69, 9.17) is 46.4 Å². The number of nitrogens with zero attached hydrogens (tertiary/aromatic N) is 1. The average molecular weight is 504 g/mol. The largest absolute Gasteiger partial charge is 0.323 e. The van der Waals surface area contributed by atoms with Crippen LogP contribution < -0.4 is 9.62 Å². The first-order valence-corrected chi connectivity index (χ1v) is 11.4. The Bertz CT molecular complexity index is 1180. The van der Waals surface area contributed by atoms with E-state index in [1.807, 2.05) is 0 Å². The minimum absolute atomic E-state index is 0.0273. The van der Waals surface area contributed by atoms with Gasteiger partial charge in [0.05, 0.1) is 21.3 Å². The maximum Gasteiger partial charge on any atom is 0.264 e. The lowest BCUT2D eigenvalue weighted by atomic mass is 10.3. The van der Waals surface area contributed by atoms with Gasteiger partial charge in [0.2, 0.25) is 5.91 Å². The first-order valence-electron chi connectivity index (χ1n) is 8.45. The van der Waals surface area contributed by atoms with E-state index >= 15 is 0 Å². The van der Waals surface area contributed by atoms with Crippen LogP contribution in [0.15, 0.2) is 71.6 Å². The molecule has 0 bridgehead atoms. The summed E-state index contributed by atoms with van der Waals surface area (Å²) >= 11 is 23.9. The van der Waals surface area contributed by atoms with Crippen LogP contribution in [0.2, 0.25) is 20.1 Å². The van der Waals surface area contributed by atoms with Gasteiger partial charge in [0.25, 0.3) is 10.0 Å². The van der Waals surface area contributed by atoms with Gasteiger partial charge in [0.15, 0.2) is 0 Å². The summed E-state index contributed by atoms with van der Waals surface area (Å²) in [5.74, 6) is -0.614. The Morgan fingerprint density at radius 2 is 1.47 bits per heavy atom. The molecule has 0 heterocycles. The fourth-order valence-corrected chi connectivity index (χ4v) is 4.65. The highest BCUT2D eigenvalue weighted by atomic mass is 35.5. The second-order valence-corrected chi connectivity index (χ2v) is 9.70. The van der Waals surface area contributed by atoms with Crippen molar-refractivity contribution >= 4 is 73.7 Å². The Labute approximate surface area is 194 Å². The molecule has 0 saturated heterocycles. The van der Waals surface area contributed by atoms with Crippen LogP contribution in [0, 0.1) is 0 Å². The zero-order valence-corrected chi connectivity index (χ0v) is 19.0. The Kier molecular flexibility index (Phi) is 7.16. The lowest BCUT2D eigenvalue weighted by Gasteiger charge is -2.24. The minimum Gasteiger partial charge on any atom is -0.323 e. The van der Waals surface area contributed by atoms with Crippen molar-refractivity contribution in [2.75, 3.05) is 16.2 Å². The highest BCUT2D eigenvalue weighted by Crippen LogP contribution is 2.28. The Hall–Kier alpha value is -1.96. The van der Waals surface area contributed by atoms with Gasteiger partial charge in [0, 0.05) is 15.1 Å². The third kappa shape index (κ3) is 5.39. The highest BCUT2D eigenvalue weighted by molar-refractivity contribution is 7.92. The van der Waals surface area contributed by atoms with Crippen LogP contribution in [0.1, 0.15) is 0 Å². The summed E-state index contributed by atoms with van der Waals surface area (Å²) in [6.45, 7) is -0.520. The van der Waals surface area contributed by atoms with Crippen molar-refractivity contribution in [3.63, 3.8) is 0 Å². The standard InChI is InChI=1S/C20H14Cl4N2O3S/c21-13-4-7-17(8-5-13)30(28,29)26(16-3-1-2-14(22)10-16)12-20(27)25-19-11-15(23)6-9-18(19)24/h1-11H,12H2,(H,25,27). The van der Waals surface area contributed by atoms with Crippen molar-refractivity contribution in [1.29, 1.82) is 0 Å².